The summed E-state index contributed by atoms with van der Waals surface area (Å²) in [4.78, 5) is 26.4. The van der Waals surface area contributed by atoms with Gasteiger partial charge in [-0.25, -0.2) is 18.2 Å². The van der Waals surface area contributed by atoms with E-state index in [-0.39, 0.29) is 22.0 Å². The zero-order valence-corrected chi connectivity index (χ0v) is 25.7. The summed E-state index contributed by atoms with van der Waals surface area (Å²) in [5.41, 5.74) is 3.06. The summed E-state index contributed by atoms with van der Waals surface area (Å²) in [6, 6.07) is 29.3. The van der Waals surface area contributed by atoms with Gasteiger partial charge in [0.25, 0.3) is 5.91 Å². The van der Waals surface area contributed by atoms with Crippen LogP contribution in [0.1, 0.15) is 39.5 Å². The van der Waals surface area contributed by atoms with Gasteiger partial charge in [-0.05, 0) is 47.0 Å². The Morgan fingerprint density at radius 1 is 0.955 bits per heavy atom. The highest BCUT2D eigenvalue weighted by Crippen LogP contribution is 2.34. The Labute approximate surface area is 261 Å². The van der Waals surface area contributed by atoms with Crippen LogP contribution in [0.5, 0.6) is 5.75 Å². The maximum atomic E-state index is 13.4. The number of hydrogen-bond acceptors (Lipinski definition) is 7. The predicted molar refractivity (Wildman–Crippen MR) is 167 cm³/mol. The number of carbonyl (C=O) groups is 2. The van der Waals surface area contributed by atoms with Crippen molar-refractivity contribution in [3.05, 3.63) is 130 Å². The molecule has 1 aliphatic heterocycles. The summed E-state index contributed by atoms with van der Waals surface area (Å²) in [6.45, 7) is -0.491. The molecule has 11 heteroatoms. The quantitative estimate of drug-likeness (QED) is 0.208. The molecule has 1 heterocycles. The molecule has 0 aliphatic carbocycles. The average Bonchev–Trinajstić information content (AvgIpc) is 3.50. The van der Waals surface area contributed by atoms with Gasteiger partial charge in [-0.15, -0.1) is 0 Å². The zero-order valence-electron chi connectivity index (χ0n) is 24.1. The number of hydrazone groups is 1. The Balaban J connectivity index is 1.33. The Bertz CT molecular complexity index is 1780. The van der Waals surface area contributed by atoms with Crippen LogP contribution in [0.3, 0.4) is 0 Å². The van der Waals surface area contributed by atoms with Crippen molar-refractivity contribution in [2.24, 2.45) is 5.10 Å². The zero-order chi connectivity index (χ0) is 31.3. The van der Waals surface area contributed by atoms with Gasteiger partial charge < -0.3 is 9.47 Å². The van der Waals surface area contributed by atoms with Gasteiger partial charge in [0.2, 0.25) is 10.0 Å². The Morgan fingerprint density at radius 3 is 2.27 bits per heavy atom. The first-order valence-corrected chi connectivity index (χ1v) is 15.5. The molecule has 0 spiro atoms. The summed E-state index contributed by atoms with van der Waals surface area (Å²) < 4.78 is 38.3. The first-order chi connectivity index (χ1) is 21.2. The average molecular weight is 632 g/mol. The van der Waals surface area contributed by atoms with Crippen molar-refractivity contribution in [3.63, 3.8) is 0 Å². The monoisotopic (exact) mass is 631 g/mol. The molecule has 226 valence electrons. The van der Waals surface area contributed by atoms with Gasteiger partial charge in [-0.2, -0.15) is 9.41 Å². The van der Waals surface area contributed by atoms with E-state index in [9.17, 15) is 18.0 Å². The molecule has 4 aromatic rings. The van der Waals surface area contributed by atoms with E-state index >= 15 is 0 Å². The second-order valence-electron chi connectivity index (χ2n) is 10.1. The predicted octanol–water partition coefficient (Wildman–Crippen LogP) is 5.70. The van der Waals surface area contributed by atoms with Gasteiger partial charge in [-0.3, -0.25) is 4.79 Å². The van der Waals surface area contributed by atoms with E-state index in [0.29, 0.717) is 17.9 Å². The van der Waals surface area contributed by atoms with E-state index in [4.69, 9.17) is 21.1 Å². The van der Waals surface area contributed by atoms with Crippen molar-refractivity contribution in [2.45, 2.75) is 23.9 Å². The number of nitrogens with zero attached hydrogens (tertiary/aromatic N) is 3. The molecule has 0 saturated heterocycles. The highest BCUT2D eigenvalue weighted by molar-refractivity contribution is 7.89. The van der Waals surface area contributed by atoms with Crippen molar-refractivity contribution in [3.8, 4) is 5.75 Å². The van der Waals surface area contributed by atoms with Crippen molar-refractivity contribution < 1.29 is 27.5 Å². The van der Waals surface area contributed by atoms with Gasteiger partial charge in [0, 0.05) is 20.0 Å². The van der Waals surface area contributed by atoms with Crippen LogP contribution in [-0.4, -0.2) is 56.1 Å². The molecule has 0 saturated carbocycles. The Kier molecular flexibility index (Phi) is 9.43. The fourth-order valence-electron chi connectivity index (χ4n) is 4.83. The number of esters is 1. The first-order valence-electron chi connectivity index (χ1n) is 13.7. The van der Waals surface area contributed by atoms with Gasteiger partial charge in [-0.1, -0.05) is 84.4 Å². The fraction of sp³-hybridized carbons (Fsp3) is 0.182. The van der Waals surface area contributed by atoms with Crippen LogP contribution >= 0.6 is 11.6 Å². The van der Waals surface area contributed by atoms with E-state index in [0.717, 1.165) is 22.8 Å². The number of ether oxygens (including phenoxy) is 2. The van der Waals surface area contributed by atoms with Crippen LogP contribution in [0.4, 0.5) is 0 Å². The minimum Gasteiger partial charge on any atom is -0.497 e. The van der Waals surface area contributed by atoms with Gasteiger partial charge in [0.05, 0.1) is 34.3 Å². The summed E-state index contributed by atoms with van der Waals surface area (Å²) >= 11 is 6.27. The number of methoxy groups -OCH3 is 1. The van der Waals surface area contributed by atoms with E-state index < -0.39 is 34.5 Å². The van der Waals surface area contributed by atoms with Crippen LogP contribution in [-0.2, 0) is 26.1 Å². The minimum atomic E-state index is -3.96. The third-order valence-electron chi connectivity index (χ3n) is 7.21. The molecule has 1 amide bonds. The largest absolute Gasteiger partial charge is 0.497 e. The second kappa shape index (κ2) is 13.4. The molecular formula is C33H30ClN3O6S. The minimum absolute atomic E-state index is 0.00576. The molecule has 1 unspecified atom stereocenters. The lowest BCUT2D eigenvalue weighted by atomic mass is 9.98. The summed E-state index contributed by atoms with van der Waals surface area (Å²) in [5, 5.41) is 5.91. The SMILES string of the molecule is COc1ccc(C2CC(c3ccccc3)=NN2C(=O)COC(=O)c2cc(S(=O)(=O)N(C)Cc3ccccc3)ccc2Cl)cc1. The second-order valence-corrected chi connectivity index (χ2v) is 12.6. The highest BCUT2D eigenvalue weighted by Gasteiger charge is 2.34. The van der Waals surface area contributed by atoms with Crippen LogP contribution in [0.25, 0.3) is 0 Å². The molecule has 4 aromatic carbocycles. The third-order valence-corrected chi connectivity index (χ3v) is 9.34. The van der Waals surface area contributed by atoms with Gasteiger partial charge >= 0.3 is 5.97 Å². The molecule has 0 N–H and O–H groups in total. The summed E-state index contributed by atoms with van der Waals surface area (Å²) in [7, 11) is -0.938. The van der Waals surface area contributed by atoms with Gasteiger partial charge in [0.15, 0.2) is 6.61 Å². The van der Waals surface area contributed by atoms with Crippen molar-refractivity contribution in [1.29, 1.82) is 0 Å². The number of rotatable bonds is 10. The fourth-order valence-corrected chi connectivity index (χ4v) is 6.21. The molecule has 0 radical (unpaired) electrons. The van der Waals surface area contributed by atoms with E-state index in [1.54, 1.807) is 19.2 Å². The van der Waals surface area contributed by atoms with Crippen LogP contribution in [0.2, 0.25) is 5.02 Å². The third kappa shape index (κ3) is 6.83. The number of halogens is 1. The van der Waals surface area contributed by atoms with Crippen molar-refractivity contribution in [1.82, 2.24) is 9.31 Å². The number of amides is 1. The Morgan fingerprint density at radius 2 is 1.61 bits per heavy atom. The highest BCUT2D eigenvalue weighted by atomic mass is 35.5. The standard InChI is InChI=1S/C33H30ClN3O6S/c1-36(21-23-9-5-3-6-10-23)44(40,41)27-17-18-29(34)28(19-27)33(39)43-22-32(38)37-31(25-13-15-26(42-2)16-14-25)20-30(35-37)24-11-7-4-8-12-24/h3-19,31H,20-22H2,1-2H3. The topological polar surface area (TPSA) is 106 Å². The maximum Gasteiger partial charge on any atom is 0.340 e. The molecule has 9 nitrogen and oxygen atoms in total. The summed E-state index contributed by atoms with van der Waals surface area (Å²) in [6.07, 6.45) is 0.457. The van der Waals surface area contributed by atoms with E-state index in [1.807, 2.05) is 72.8 Å². The molecule has 1 atom stereocenters. The van der Waals surface area contributed by atoms with E-state index in [2.05, 4.69) is 5.10 Å². The van der Waals surface area contributed by atoms with Crippen LogP contribution in [0.15, 0.2) is 113 Å². The first kappa shape index (κ1) is 30.9. The van der Waals surface area contributed by atoms with E-state index in [1.165, 1.54) is 28.5 Å². The van der Waals surface area contributed by atoms with Crippen molar-refractivity contribution in [2.75, 3.05) is 20.8 Å². The van der Waals surface area contributed by atoms with Crippen LogP contribution in [0, 0.1) is 0 Å². The molecular weight excluding hydrogens is 602 g/mol. The number of sulfonamides is 1. The molecule has 0 fully saturated rings. The maximum absolute atomic E-state index is 13.4. The molecule has 0 aromatic heterocycles. The normalized spacial score (nSPS) is 14.8. The van der Waals surface area contributed by atoms with Gasteiger partial charge in [0.1, 0.15) is 5.75 Å². The number of carbonyl (C=O) groups excluding carboxylic acids is 2. The molecule has 1 aliphatic rings. The lowest BCUT2D eigenvalue weighted by Crippen LogP contribution is -2.31. The van der Waals surface area contributed by atoms with Crippen molar-refractivity contribution >= 4 is 39.2 Å². The molecule has 0 bridgehead atoms. The smallest absolute Gasteiger partial charge is 0.340 e. The number of benzene rings is 4. The molecule has 44 heavy (non-hydrogen) atoms. The van der Waals surface area contributed by atoms with Crippen LogP contribution < -0.4 is 4.74 Å². The lowest BCUT2D eigenvalue weighted by Gasteiger charge is -2.22. The Hall–Kier alpha value is -4.51. The molecule has 5 rings (SSSR count). The summed E-state index contributed by atoms with van der Waals surface area (Å²) in [5.74, 6) is -0.804. The lowest BCUT2D eigenvalue weighted by molar-refractivity contribution is -0.136. The number of hydrogen-bond donors (Lipinski definition) is 0.